The molecule has 0 atom stereocenters. The summed E-state index contributed by atoms with van der Waals surface area (Å²) in [5.41, 5.74) is 7.91. The number of fused-ring (bicyclic) bond motifs is 1. The highest BCUT2D eigenvalue weighted by Crippen LogP contribution is 2.28. The number of aliphatic imine (C=N–C) groups is 1. The molecule has 3 heterocycles. The third kappa shape index (κ3) is 5.45. The van der Waals surface area contributed by atoms with Crippen LogP contribution in [-0.4, -0.2) is 58.7 Å². The third-order valence-corrected chi connectivity index (χ3v) is 5.85. The van der Waals surface area contributed by atoms with Crippen molar-refractivity contribution in [3.05, 3.63) is 59.9 Å². The molecule has 1 fully saturated rings. The summed E-state index contributed by atoms with van der Waals surface area (Å²) in [6.45, 7) is 3.78. The summed E-state index contributed by atoms with van der Waals surface area (Å²) in [4.78, 5) is 21.1. The number of benzene rings is 1. The highest BCUT2D eigenvalue weighted by molar-refractivity contribution is 6.01. The first-order valence-electron chi connectivity index (χ1n) is 10.6. The zero-order valence-electron chi connectivity index (χ0n) is 18.5. The Morgan fingerprint density at radius 2 is 1.97 bits per heavy atom. The van der Waals surface area contributed by atoms with Gasteiger partial charge in [-0.15, -0.1) is 0 Å². The van der Waals surface area contributed by atoms with E-state index >= 15 is 0 Å². The average molecular weight is 437 g/mol. The van der Waals surface area contributed by atoms with Gasteiger partial charge in [0.05, 0.1) is 0 Å². The van der Waals surface area contributed by atoms with Crippen molar-refractivity contribution < 1.29 is 9.18 Å². The molecule has 3 aromatic rings. The molecule has 0 unspecified atom stereocenters. The minimum atomic E-state index is -0.841. The van der Waals surface area contributed by atoms with Gasteiger partial charge in [-0.2, -0.15) is 0 Å². The second kappa shape index (κ2) is 10.3. The molecule has 0 spiro atoms. The normalized spacial score (nSPS) is 16.3. The molecule has 1 saturated heterocycles. The minimum Gasteiger partial charge on any atom is -0.383 e. The molecule has 4 rings (SSSR count). The number of alkyl halides is 1. The minimum absolute atomic E-state index is 0.299. The fourth-order valence-electron chi connectivity index (χ4n) is 3.62. The van der Waals surface area contributed by atoms with Crippen LogP contribution in [0.1, 0.15) is 42.1 Å². The SMILES string of the molecule is CCC1(F)CCN(C)CC1.N=CN=C(N)c1ccc(-n2ccc3cc(C=O)cnc32)cc1. The van der Waals surface area contributed by atoms with Crippen molar-refractivity contribution in [1.82, 2.24) is 14.5 Å². The Kier molecular flexibility index (Phi) is 7.48. The Morgan fingerprint density at radius 3 is 2.56 bits per heavy atom. The molecule has 1 aliphatic rings. The van der Waals surface area contributed by atoms with Crippen LogP contribution in [-0.2, 0) is 0 Å². The van der Waals surface area contributed by atoms with Gasteiger partial charge in [0.25, 0.3) is 0 Å². The van der Waals surface area contributed by atoms with E-state index in [0.717, 1.165) is 60.8 Å². The van der Waals surface area contributed by atoms with Gasteiger partial charge in [-0.25, -0.2) is 14.4 Å². The van der Waals surface area contributed by atoms with Crippen molar-refractivity contribution in [2.45, 2.75) is 31.9 Å². The van der Waals surface area contributed by atoms with E-state index in [1.54, 1.807) is 12.3 Å². The number of hydrogen-bond acceptors (Lipinski definition) is 4. The van der Waals surface area contributed by atoms with Crippen LogP contribution in [0.5, 0.6) is 0 Å². The Labute approximate surface area is 187 Å². The number of likely N-dealkylation sites (tertiary alicyclic amines) is 1. The smallest absolute Gasteiger partial charge is 0.151 e. The highest BCUT2D eigenvalue weighted by Gasteiger charge is 2.30. The van der Waals surface area contributed by atoms with E-state index in [4.69, 9.17) is 11.1 Å². The number of aldehydes is 1. The molecule has 7 nitrogen and oxygen atoms in total. The molecular formula is C24H29FN6O. The van der Waals surface area contributed by atoms with Gasteiger partial charge in [0, 0.05) is 47.7 Å². The molecule has 3 N–H and O–H groups in total. The van der Waals surface area contributed by atoms with Crippen LogP contribution >= 0.6 is 0 Å². The largest absolute Gasteiger partial charge is 0.383 e. The van der Waals surface area contributed by atoms with Crippen LogP contribution in [0.3, 0.4) is 0 Å². The van der Waals surface area contributed by atoms with Crippen molar-refractivity contribution >= 4 is 29.5 Å². The van der Waals surface area contributed by atoms with Crippen LogP contribution in [0, 0.1) is 5.41 Å². The summed E-state index contributed by atoms with van der Waals surface area (Å²) >= 11 is 0. The van der Waals surface area contributed by atoms with Crippen LogP contribution in [0.2, 0.25) is 0 Å². The standard InChI is InChI=1S/C16H13N5O.C8H16FN/c17-10-20-15(18)12-1-3-14(4-2-12)21-6-5-13-7-11(9-22)8-19-16(13)21;1-3-8(9)4-6-10(2)7-5-8/h1-10H,(H3,17,18,20);3-7H2,1-2H3. The number of halogens is 1. The van der Waals surface area contributed by atoms with Gasteiger partial charge < -0.3 is 15.2 Å². The van der Waals surface area contributed by atoms with Gasteiger partial charge in [-0.1, -0.05) is 6.92 Å². The van der Waals surface area contributed by atoms with Crippen molar-refractivity contribution in [2.75, 3.05) is 20.1 Å². The molecule has 0 radical (unpaired) electrons. The average Bonchev–Trinajstić information content (AvgIpc) is 3.25. The number of nitrogens with two attached hydrogens (primary N) is 1. The zero-order valence-corrected chi connectivity index (χ0v) is 18.5. The highest BCUT2D eigenvalue weighted by atomic mass is 19.1. The lowest BCUT2D eigenvalue weighted by Crippen LogP contribution is -2.39. The second-order valence-corrected chi connectivity index (χ2v) is 7.98. The molecule has 2 aromatic heterocycles. The summed E-state index contributed by atoms with van der Waals surface area (Å²) in [6.07, 6.45) is 7.27. The first-order valence-corrected chi connectivity index (χ1v) is 10.6. The predicted molar refractivity (Wildman–Crippen MR) is 127 cm³/mol. The van der Waals surface area contributed by atoms with Gasteiger partial charge in [-0.05, 0) is 62.7 Å². The molecule has 1 aromatic carbocycles. The number of hydrogen-bond donors (Lipinski definition) is 2. The lowest BCUT2D eigenvalue weighted by Gasteiger charge is -2.33. The number of nitrogens with zero attached hydrogens (tertiary/aromatic N) is 4. The van der Waals surface area contributed by atoms with E-state index in [-0.39, 0.29) is 0 Å². The molecular weight excluding hydrogens is 407 g/mol. The van der Waals surface area contributed by atoms with Crippen LogP contribution < -0.4 is 5.73 Å². The zero-order chi connectivity index (χ0) is 23.1. The van der Waals surface area contributed by atoms with Crippen LogP contribution in [0.4, 0.5) is 4.39 Å². The number of piperidine rings is 1. The van der Waals surface area contributed by atoms with E-state index in [1.807, 2.05) is 48.0 Å². The maximum absolute atomic E-state index is 13.4. The monoisotopic (exact) mass is 436 g/mol. The molecule has 0 saturated carbocycles. The topological polar surface area (TPSA) is 100 Å². The van der Waals surface area contributed by atoms with E-state index in [1.165, 1.54) is 0 Å². The van der Waals surface area contributed by atoms with Crippen LogP contribution in [0.15, 0.2) is 53.8 Å². The first kappa shape index (κ1) is 23.3. The number of rotatable bonds is 5. The van der Waals surface area contributed by atoms with Crippen molar-refractivity contribution in [3.8, 4) is 5.69 Å². The fraction of sp³-hybridized carbons (Fsp3) is 0.333. The van der Waals surface area contributed by atoms with Gasteiger partial charge in [0.2, 0.25) is 0 Å². The summed E-state index contributed by atoms with van der Waals surface area (Å²) in [6, 6.07) is 11.2. The molecule has 0 bridgehead atoms. The van der Waals surface area contributed by atoms with E-state index in [0.29, 0.717) is 17.8 Å². The summed E-state index contributed by atoms with van der Waals surface area (Å²) in [7, 11) is 2.05. The van der Waals surface area contributed by atoms with Crippen LogP contribution in [0.25, 0.3) is 16.7 Å². The first-order chi connectivity index (χ1) is 15.4. The van der Waals surface area contributed by atoms with E-state index in [2.05, 4.69) is 21.9 Å². The summed E-state index contributed by atoms with van der Waals surface area (Å²) < 4.78 is 15.4. The Balaban J connectivity index is 0.000000243. The number of carbonyl (C=O) groups excluding carboxylic acids is 1. The summed E-state index contributed by atoms with van der Waals surface area (Å²) in [5, 5.41) is 7.83. The predicted octanol–water partition coefficient (Wildman–Crippen LogP) is 3.98. The Morgan fingerprint density at radius 1 is 1.28 bits per heavy atom. The fourth-order valence-corrected chi connectivity index (χ4v) is 3.62. The van der Waals surface area contributed by atoms with Gasteiger partial charge in [-0.3, -0.25) is 10.2 Å². The number of aromatic nitrogens is 2. The third-order valence-electron chi connectivity index (χ3n) is 5.85. The van der Waals surface area contributed by atoms with E-state index < -0.39 is 5.67 Å². The van der Waals surface area contributed by atoms with Gasteiger partial charge in [0.15, 0.2) is 6.29 Å². The lowest BCUT2D eigenvalue weighted by molar-refractivity contribution is 0.0660. The molecule has 1 aliphatic heterocycles. The van der Waals surface area contributed by atoms with E-state index in [9.17, 15) is 9.18 Å². The van der Waals surface area contributed by atoms with Crippen molar-refractivity contribution in [1.29, 1.82) is 5.41 Å². The second-order valence-electron chi connectivity index (χ2n) is 7.98. The number of nitrogens with one attached hydrogen (secondary N) is 1. The van der Waals surface area contributed by atoms with Crippen molar-refractivity contribution in [2.24, 2.45) is 10.7 Å². The number of carbonyl (C=O) groups is 1. The quantitative estimate of drug-likeness (QED) is 0.359. The molecule has 0 aliphatic carbocycles. The van der Waals surface area contributed by atoms with Gasteiger partial charge in [0.1, 0.15) is 23.5 Å². The Hall–Kier alpha value is -3.39. The molecule has 8 heteroatoms. The lowest BCUT2D eigenvalue weighted by atomic mass is 9.91. The maximum atomic E-state index is 13.4. The maximum Gasteiger partial charge on any atom is 0.151 e. The summed E-state index contributed by atoms with van der Waals surface area (Å²) in [5.74, 6) is 0.299. The van der Waals surface area contributed by atoms with Crippen molar-refractivity contribution in [3.63, 3.8) is 0 Å². The number of pyridine rings is 1. The Bertz CT molecular complexity index is 1100. The molecule has 168 valence electrons. The molecule has 0 amide bonds. The molecule has 32 heavy (non-hydrogen) atoms. The number of amidine groups is 1. The van der Waals surface area contributed by atoms with Gasteiger partial charge >= 0.3 is 0 Å².